The first-order valence-electron chi connectivity index (χ1n) is 3.15. The van der Waals surface area contributed by atoms with Crippen molar-refractivity contribution in [3.05, 3.63) is 0 Å². The van der Waals surface area contributed by atoms with E-state index >= 15 is 0 Å². The lowest BCUT2D eigenvalue weighted by Gasteiger charge is -1.96. The molecule has 0 heterocycles. The zero-order chi connectivity index (χ0) is 7.98. The highest BCUT2D eigenvalue weighted by atomic mass is 16.4. The molecule has 0 fully saturated rings. The normalized spacial score (nSPS) is 8.90. The van der Waals surface area contributed by atoms with Gasteiger partial charge in [0, 0.05) is 19.4 Å². The Morgan fingerprint density at radius 3 is 2.50 bits per heavy atom. The number of amides is 1. The Morgan fingerprint density at radius 1 is 1.50 bits per heavy atom. The first-order chi connectivity index (χ1) is 4.66. The fourth-order valence-corrected chi connectivity index (χ4v) is 0.486. The summed E-state index contributed by atoms with van der Waals surface area (Å²) in [6.45, 7) is 1.98. The van der Waals surface area contributed by atoms with Crippen molar-refractivity contribution in [3.63, 3.8) is 0 Å². The standard InChI is InChI=1S/C6H11NO3/c1-2-5(8)3-4-7-6(9)10/h7H,2-4H2,1H3,(H,9,10). The topological polar surface area (TPSA) is 66.4 Å². The third kappa shape index (κ3) is 5.08. The number of hydrogen-bond acceptors (Lipinski definition) is 2. The zero-order valence-corrected chi connectivity index (χ0v) is 5.89. The summed E-state index contributed by atoms with van der Waals surface area (Å²) < 4.78 is 0. The molecule has 0 radical (unpaired) electrons. The second-order valence-electron chi connectivity index (χ2n) is 1.87. The molecule has 0 aliphatic rings. The zero-order valence-electron chi connectivity index (χ0n) is 5.89. The van der Waals surface area contributed by atoms with E-state index in [0.29, 0.717) is 12.8 Å². The highest BCUT2D eigenvalue weighted by Crippen LogP contribution is 1.85. The summed E-state index contributed by atoms with van der Waals surface area (Å²) in [6.07, 6.45) is -0.312. The van der Waals surface area contributed by atoms with Crippen LogP contribution in [0.5, 0.6) is 0 Å². The summed E-state index contributed by atoms with van der Waals surface area (Å²) in [4.78, 5) is 20.4. The van der Waals surface area contributed by atoms with Crippen LogP contribution in [0.25, 0.3) is 0 Å². The van der Waals surface area contributed by atoms with Crippen molar-refractivity contribution in [3.8, 4) is 0 Å². The van der Waals surface area contributed by atoms with Crippen LogP contribution in [0.1, 0.15) is 19.8 Å². The SMILES string of the molecule is CCC(=O)CCNC(=O)O. The maximum absolute atomic E-state index is 10.6. The molecule has 0 saturated heterocycles. The van der Waals surface area contributed by atoms with Gasteiger partial charge in [-0.3, -0.25) is 4.79 Å². The third-order valence-electron chi connectivity index (χ3n) is 1.07. The second-order valence-corrected chi connectivity index (χ2v) is 1.87. The van der Waals surface area contributed by atoms with Gasteiger partial charge in [0.15, 0.2) is 0 Å². The van der Waals surface area contributed by atoms with Crippen molar-refractivity contribution < 1.29 is 14.7 Å². The molecule has 0 aromatic heterocycles. The van der Waals surface area contributed by atoms with Crippen LogP contribution in [0, 0.1) is 0 Å². The molecule has 1 amide bonds. The van der Waals surface area contributed by atoms with E-state index in [0.717, 1.165) is 0 Å². The van der Waals surface area contributed by atoms with Gasteiger partial charge in [0.2, 0.25) is 0 Å². The van der Waals surface area contributed by atoms with Gasteiger partial charge < -0.3 is 10.4 Å². The number of carbonyl (C=O) groups is 2. The number of carbonyl (C=O) groups excluding carboxylic acids is 1. The molecule has 10 heavy (non-hydrogen) atoms. The van der Waals surface area contributed by atoms with Crippen molar-refractivity contribution in [1.29, 1.82) is 0 Å². The van der Waals surface area contributed by atoms with Crippen molar-refractivity contribution in [2.45, 2.75) is 19.8 Å². The van der Waals surface area contributed by atoms with E-state index in [1.54, 1.807) is 6.92 Å². The molecule has 4 nitrogen and oxygen atoms in total. The molecule has 0 rings (SSSR count). The summed E-state index contributed by atoms with van der Waals surface area (Å²) in [7, 11) is 0. The molecule has 4 heteroatoms. The van der Waals surface area contributed by atoms with E-state index < -0.39 is 6.09 Å². The van der Waals surface area contributed by atoms with Crippen molar-refractivity contribution >= 4 is 11.9 Å². The Balaban J connectivity index is 3.20. The molecule has 0 unspecified atom stereocenters. The Labute approximate surface area is 59.2 Å². The Bertz CT molecular complexity index is 133. The first kappa shape index (κ1) is 8.94. The van der Waals surface area contributed by atoms with Crippen LogP contribution < -0.4 is 5.32 Å². The molecule has 0 saturated carbocycles. The van der Waals surface area contributed by atoms with Crippen LogP contribution >= 0.6 is 0 Å². The minimum atomic E-state index is -1.08. The van der Waals surface area contributed by atoms with Crippen LogP contribution in [0.3, 0.4) is 0 Å². The van der Waals surface area contributed by atoms with E-state index in [9.17, 15) is 9.59 Å². The van der Waals surface area contributed by atoms with Crippen molar-refractivity contribution in [2.24, 2.45) is 0 Å². The van der Waals surface area contributed by atoms with Gasteiger partial charge in [-0.1, -0.05) is 6.92 Å². The lowest BCUT2D eigenvalue weighted by Crippen LogP contribution is -2.23. The molecule has 0 spiro atoms. The van der Waals surface area contributed by atoms with Crippen LogP contribution in [-0.2, 0) is 4.79 Å². The van der Waals surface area contributed by atoms with Gasteiger partial charge in [0.25, 0.3) is 0 Å². The summed E-state index contributed by atoms with van der Waals surface area (Å²) >= 11 is 0. The summed E-state index contributed by atoms with van der Waals surface area (Å²) in [5.74, 6) is 0.0775. The predicted octanol–water partition coefficient (Wildman–Crippen LogP) is 0.623. The van der Waals surface area contributed by atoms with Crippen molar-refractivity contribution in [2.75, 3.05) is 6.54 Å². The quantitative estimate of drug-likeness (QED) is 0.609. The molecule has 0 bridgehead atoms. The smallest absolute Gasteiger partial charge is 0.404 e. The minimum Gasteiger partial charge on any atom is -0.465 e. The van der Waals surface area contributed by atoms with Gasteiger partial charge in [-0.15, -0.1) is 0 Å². The number of rotatable bonds is 4. The number of hydrogen-bond donors (Lipinski definition) is 2. The Kier molecular flexibility index (Phi) is 4.28. The molecule has 2 N–H and O–H groups in total. The molecule has 0 aliphatic heterocycles. The number of ketones is 1. The first-order valence-corrected chi connectivity index (χ1v) is 3.15. The van der Waals surface area contributed by atoms with E-state index in [1.165, 1.54) is 0 Å². The molecule has 0 atom stereocenters. The second kappa shape index (κ2) is 4.78. The van der Waals surface area contributed by atoms with Crippen LogP contribution in [0.4, 0.5) is 4.79 Å². The van der Waals surface area contributed by atoms with Gasteiger partial charge in [0.05, 0.1) is 0 Å². The lowest BCUT2D eigenvalue weighted by atomic mass is 10.2. The van der Waals surface area contributed by atoms with Crippen LogP contribution in [-0.4, -0.2) is 23.5 Å². The number of Topliss-reactive ketones (excluding diaryl/α,β-unsaturated/α-hetero) is 1. The van der Waals surface area contributed by atoms with Gasteiger partial charge >= 0.3 is 6.09 Å². The van der Waals surface area contributed by atoms with E-state index in [1.807, 2.05) is 0 Å². The molecule has 58 valence electrons. The fourth-order valence-electron chi connectivity index (χ4n) is 0.486. The van der Waals surface area contributed by atoms with Gasteiger partial charge in [-0.2, -0.15) is 0 Å². The molecule has 0 aromatic rings. The number of nitrogens with one attached hydrogen (secondary N) is 1. The summed E-state index contributed by atoms with van der Waals surface area (Å²) in [5.41, 5.74) is 0. The fraction of sp³-hybridized carbons (Fsp3) is 0.667. The van der Waals surface area contributed by atoms with Gasteiger partial charge in [-0.25, -0.2) is 4.79 Å². The maximum Gasteiger partial charge on any atom is 0.404 e. The van der Waals surface area contributed by atoms with Crippen LogP contribution in [0.15, 0.2) is 0 Å². The van der Waals surface area contributed by atoms with Crippen molar-refractivity contribution in [1.82, 2.24) is 5.32 Å². The summed E-state index contributed by atoms with van der Waals surface area (Å²) in [6, 6.07) is 0. The average Bonchev–Trinajstić information content (AvgIpc) is 1.87. The highest BCUT2D eigenvalue weighted by molar-refractivity contribution is 5.78. The van der Waals surface area contributed by atoms with E-state index in [4.69, 9.17) is 5.11 Å². The Hall–Kier alpha value is -1.06. The minimum absolute atomic E-state index is 0.0775. The monoisotopic (exact) mass is 145 g/mol. The van der Waals surface area contributed by atoms with E-state index in [2.05, 4.69) is 5.32 Å². The summed E-state index contributed by atoms with van der Waals surface area (Å²) in [5, 5.41) is 10.2. The van der Waals surface area contributed by atoms with Gasteiger partial charge in [-0.05, 0) is 0 Å². The van der Waals surface area contributed by atoms with Gasteiger partial charge in [0.1, 0.15) is 5.78 Å². The largest absolute Gasteiger partial charge is 0.465 e. The average molecular weight is 145 g/mol. The molecular weight excluding hydrogens is 134 g/mol. The van der Waals surface area contributed by atoms with Crippen LogP contribution in [0.2, 0.25) is 0 Å². The number of carboxylic acid groups (broad SMARTS) is 1. The maximum atomic E-state index is 10.6. The highest BCUT2D eigenvalue weighted by Gasteiger charge is 1.98. The predicted molar refractivity (Wildman–Crippen MR) is 35.9 cm³/mol. The molecular formula is C6H11NO3. The van der Waals surface area contributed by atoms with E-state index in [-0.39, 0.29) is 12.3 Å². The Morgan fingerprint density at radius 2 is 2.10 bits per heavy atom. The third-order valence-corrected chi connectivity index (χ3v) is 1.07. The lowest BCUT2D eigenvalue weighted by molar-refractivity contribution is -0.118. The molecule has 0 aromatic carbocycles. The molecule has 0 aliphatic carbocycles.